The highest BCUT2D eigenvalue weighted by atomic mass is 32.2. The number of nitrogens with one attached hydrogen (secondary N) is 1. The van der Waals surface area contributed by atoms with Gasteiger partial charge in [-0.25, -0.2) is 4.98 Å². The van der Waals surface area contributed by atoms with Gasteiger partial charge in [0.05, 0.1) is 17.7 Å². The Labute approximate surface area is 132 Å². The van der Waals surface area contributed by atoms with E-state index < -0.39 is 36.4 Å². The third kappa shape index (κ3) is 3.96. The Morgan fingerprint density at radius 1 is 1.41 bits per heavy atom. The molecule has 1 aliphatic heterocycles. The van der Waals surface area contributed by atoms with E-state index in [-0.39, 0.29) is 5.91 Å². The summed E-state index contributed by atoms with van der Waals surface area (Å²) in [5.74, 6) is -0.343. The summed E-state index contributed by atoms with van der Waals surface area (Å²) in [6, 6.07) is 4.68. The first-order valence-corrected chi connectivity index (χ1v) is 7.80. The molecule has 0 saturated carbocycles. The van der Waals surface area contributed by atoms with E-state index in [0.29, 0.717) is 5.03 Å². The summed E-state index contributed by atoms with van der Waals surface area (Å²) in [7, 11) is 0. The first-order valence-electron chi connectivity index (χ1n) is 6.92. The smallest absolute Gasteiger partial charge is 0.217 e. The predicted molar refractivity (Wildman–Crippen MR) is 80.2 cm³/mol. The summed E-state index contributed by atoms with van der Waals surface area (Å²) in [6.07, 6.45) is -3.43. The van der Waals surface area contributed by atoms with E-state index in [9.17, 15) is 20.1 Å². The standard InChI is InChI=1S/C14H20N2O5S/c1-7-4-3-5-10(15-7)22-14-11(16-8(2)18)13(20)12(19)9(6-17)21-14/h3-5,9,11-14,17,19-20H,6H2,1-2H3,(H,16,18)/t9-,11+,12-,13+,14+/m1/s1. The number of amides is 1. The maximum absolute atomic E-state index is 11.3. The zero-order chi connectivity index (χ0) is 16.3. The van der Waals surface area contributed by atoms with Crippen LogP contribution in [0.15, 0.2) is 23.2 Å². The molecule has 1 aromatic rings. The number of carbonyl (C=O) groups is 1. The first-order chi connectivity index (χ1) is 10.4. The summed E-state index contributed by atoms with van der Waals surface area (Å²) in [5.41, 5.74) is 0.157. The Bertz CT molecular complexity index is 530. The average Bonchev–Trinajstić information content (AvgIpc) is 2.46. The van der Waals surface area contributed by atoms with Crippen molar-refractivity contribution in [3.63, 3.8) is 0 Å². The molecule has 1 saturated heterocycles. The van der Waals surface area contributed by atoms with Crippen molar-refractivity contribution in [1.29, 1.82) is 0 Å². The zero-order valence-electron chi connectivity index (χ0n) is 12.3. The van der Waals surface area contributed by atoms with Crippen molar-refractivity contribution < 1.29 is 24.9 Å². The van der Waals surface area contributed by atoms with Gasteiger partial charge in [0.25, 0.3) is 0 Å². The third-order valence-electron chi connectivity index (χ3n) is 3.35. The Morgan fingerprint density at radius 2 is 2.14 bits per heavy atom. The van der Waals surface area contributed by atoms with Gasteiger partial charge in [0.2, 0.25) is 5.91 Å². The Hall–Kier alpha value is -1.19. The number of hydrogen-bond acceptors (Lipinski definition) is 7. The minimum atomic E-state index is -1.27. The van der Waals surface area contributed by atoms with Crippen LogP contribution in [0.5, 0.6) is 0 Å². The lowest BCUT2D eigenvalue weighted by molar-refractivity contribution is -0.173. The molecule has 22 heavy (non-hydrogen) atoms. The molecule has 0 aromatic carbocycles. The van der Waals surface area contributed by atoms with Gasteiger partial charge in [-0.3, -0.25) is 4.79 Å². The van der Waals surface area contributed by atoms with Gasteiger partial charge in [0.15, 0.2) is 0 Å². The van der Waals surface area contributed by atoms with Crippen molar-refractivity contribution >= 4 is 17.7 Å². The van der Waals surface area contributed by atoms with Crippen LogP contribution in [0.3, 0.4) is 0 Å². The van der Waals surface area contributed by atoms with Gasteiger partial charge in [-0.05, 0) is 19.1 Å². The molecule has 122 valence electrons. The van der Waals surface area contributed by atoms with E-state index in [1.54, 1.807) is 6.07 Å². The van der Waals surface area contributed by atoms with Gasteiger partial charge in [-0.1, -0.05) is 17.8 Å². The van der Waals surface area contributed by atoms with Crippen molar-refractivity contribution in [3.8, 4) is 0 Å². The summed E-state index contributed by atoms with van der Waals surface area (Å²) >= 11 is 1.22. The van der Waals surface area contributed by atoms with Crippen LogP contribution in [-0.4, -0.2) is 62.6 Å². The number of hydrogen-bond donors (Lipinski definition) is 4. The number of aliphatic hydroxyl groups excluding tert-OH is 3. The maximum Gasteiger partial charge on any atom is 0.217 e. The molecule has 0 unspecified atom stereocenters. The Balaban J connectivity index is 2.21. The highest BCUT2D eigenvalue weighted by Crippen LogP contribution is 2.32. The summed E-state index contributed by atoms with van der Waals surface area (Å²) < 4.78 is 5.62. The number of pyridine rings is 1. The number of aromatic nitrogens is 1. The quantitative estimate of drug-likeness (QED) is 0.585. The molecule has 1 aliphatic rings. The van der Waals surface area contributed by atoms with Gasteiger partial charge in [0.1, 0.15) is 23.7 Å². The fraction of sp³-hybridized carbons (Fsp3) is 0.571. The highest BCUT2D eigenvalue weighted by Gasteiger charge is 2.45. The van der Waals surface area contributed by atoms with Gasteiger partial charge in [-0.2, -0.15) is 0 Å². The number of aliphatic hydroxyl groups is 3. The van der Waals surface area contributed by atoms with Gasteiger partial charge in [-0.15, -0.1) is 0 Å². The Kier molecular flexibility index (Phi) is 5.76. The zero-order valence-corrected chi connectivity index (χ0v) is 13.2. The molecule has 0 bridgehead atoms. The van der Waals surface area contributed by atoms with E-state index in [4.69, 9.17) is 4.74 Å². The molecule has 7 nitrogen and oxygen atoms in total. The molecule has 0 aliphatic carbocycles. The summed E-state index contributed by atoms with van der Waals surface area (Å²) in [6.45, 7) is 2.75. The van der Waals surface area contributed by atoms with Crippen LogP contribution in [0.25, 0.3) is 0 Å². The predicted octanol–water partition coefficient (Wildman–Crippen LogP) is -0.574. The topological polar surface area (TPSA) is 112 Å². The van der Waals surface area contributed by atoms with Crippen molar-refractivity contribution in [2.75, 3.05) is 6.61 Å². The van der Waals surface area contributed by atoms with Crippen molar-refractivity contribution in [2.24, 2.45) is 0 Å². The van der Waals surface area contributed by atoms with Crippen molar-refractivity contribution in [1.82, 2.24) is 10.3 Å². The maximum atomic E-state index is 11.3. The molecule has 5 atom stereocenters. The van der Waals surface area contributed by atoms with Crippen LogP contribution < -0.4 is 5.32 Å². The molecule has 4 N–H and O–H groups in total. The number of ether oxygens (including phenoxy) is 1. The lowest BCUT2D eigenvalue weighted by Gasteiger charge is -2.42. The van der Waals surface area contributed by atoms with Crippen LogP contribution in [0.4, 0.5) is 0 Å². The van der Waals surface area contributed by atoms with Crippen molar-refractivity contribution in [3.05, 3.63) is 23.9 Å². The normalized spacial score (nSPS) is 31.8. The minimum absolute atomic E-state index is 0.343. The number of nitrogens with zero attached hydrogens (tertiary/aromatic N) is 1. The summed E-state index contributed by atoms with van der Waals surface area (Å²) in [5, 5.41) is 32.7. The largest absolute Gasteiger partial charge is 0.394 e. The molecule has 1 fully saturated rings. The number of carbonyl (C=O) groups excluding carboxylic acids is 1. The molecular formula is C14H20N2O5S. The number of rotatable bonds is 4. The molecular weight excluding hydrogens is 308 g/mol. The SMILES string of the molecule is CC(=O)N[C@H]1[C@H](O)[C@H](O)[C@@H](CO)O[C@H]1Sc1cccc(C)n1. The van der Waals surface area contributed by atoms with Crippen LogP contribution in [0.2, 0.25) is 0 Å². The van der Waals surface area contributed by atoms with E-state index in [1.807, 2.05) is 19.1 Å². The summed E-state index contributed by atoms with van der Waals surface area (Å²) in [4.78, 5) is 15.7. The molecule has 0 radical (unpaired) electrons. The molecule has 0 spiro atoms. The number of thioether (sulfide) groups is 1. The second-order valence-corrected chi connectivity index (χ2v) is 6.29. The van der Waals surface area contributed by atoms with Crippen LogP contribution in [-0.2, 0) is 9.53 Å². The highest BCUT2D eigenvalue weighted by molar-refractivity contribution is 7.99. The van der Waals surface area contributed by atoms with Crippen LogP contribution in [0.1, 0.15) is 12.6 Å². The first kappa shape index (κ1) is 17.2. The second kappa shape index (κ2) is 7.38. The fourth-order valence-electron chi connectivity index (χ4n) is 2.27. The molecule has 1 aromatic heterocycles. The molecule has 1 amide bonds. The fourth-order valence-corrected chi connectivity index (χ4v) is 3.44. The van der Waals surface area contributed by atoms with Crippen molar-refractivity contribution in [2.45, 2.75) is 48.7 Å². The van der Waals surface area contributed by atoms with Gasteiger partial charge in [0, 0.05) is 12.6 Å². The monoisotopic (exact) mass is 328 g/mol. The van der Waals surface area contributed by atoms with E-state index in [0.717, 1.165) is 5.69 Å². The minimum Gasteiger partial charge on any atom is -0.394 e. The number of aryl methyl sites for hydroxylation is 1. The van der Waals surface area contributed by atoms with E-state index >= 15 is 0 Å². The molecule has 2 rings (SSSR count). The third-order valence-corrected chi connectivity index (χ3v) is 4.46. The van der Waals surface area contributed by atoms with Gasteiger partial charge < -0.3 is 25.4 Å². The molecule has 2 heterocycles. The van der Waals surface area contributed by atoms with E-state index in [1.165, 1.54) is 18.7 Å². The van der Waals surface area contributed by atoms with Crippen LogP contribution >= 0.6 is 11.8 Å². The lowest BCUT2D eigenvalue weighted by Crippen LogP contribution is -2.63. The van der Waals surface area contributed by atoms with E-state index in [2.05, 4.69) is 10.3 Å². The lowest BCUT2D eigenvalue weighted by atomic mass is 9.98. The van der Waals surface area contributed by atoms with Crippen LogP contribution in [0, 0.1) is 6.92 Å². The second-order valence-electron chi connectivity index (χ2n) is 5.17. The Morgan fingerprint density at radius 3 is 2.73 bits per heavy atom. The van der Waals surface area contributed by atoms with Gasteiger partial charge >= 0.3 is 0 Å². The molecule has 8 heteroatoms. The average molecular weight is 328 g/mol.